The summed E-state index contributed by atoms with van der Waals surface area (Å²) in [6.07, 6.45) is -1.10. The number of ketones is 1. The van der Waals surface area contributed by atoms with Gasteiger partial charge in [0.05, 0.1) is 11.0 Å². The fourth-order valence-corrected chi connectivity index (χ4v) is 2.81. The van der Waals surface area contributed by atoms with Crippen molar-refractivity contribution >= 4 is 29.5 Å². The lowest BCUT2D eigenvalue weighted by Crippen LogP contribution is -2.55. The minimum atomic E-state index is -1.88. The Hall–Kier alpha value is -3.50. The molecule has 11 nitrogen and oxygen atoms in total. The maximum atomic E-state index is 13.0. The van der Waals surface area contributed by atoms with Gasteiger partial charge in [0.1, 0.15) is 5.60 Å². The minimum absolute atomic E-state index is 0.156. The topological polar surface area (TPSA) is 151 Å². The number of nitrogens with zero attached hydrogens (tertiary/aromatic N) is 1. The van der Waals surface area contributed by atoms with Crippen molar-refractivity contribution in [3.8, 4) is 0 Å². The van der Waals surface area contributed by atoms with Crippen LogP contribution in [0.5, 0.6) is 0 Å². The van der Waals surface area contributed by atoms with E-state index >= 15 is 0 Å². The van der Waals surface area contributed by atoms with E-state index in [0.29, 0.717) is 5.56 Å². The van der Waals surface area contributed by atoms with Crippen molar-refractivity contribution in [3.05, 3.63) is 39.9 Å². The van der Waals surface area contributed by atoms with E-state index in [4.69, 9.17) is 14.2 Å². The van der Waals surface area contributed by atoms with E-state index < -0.39 is 52.1 Å². The number of hydrogen-bond acceptors (Lipinski definition) is 9. The first-order valence-corrected chi connectivity index (χ1v) is 9.41. The van der Waals surface area contributed by atoms with Crippen molar-refractivity contribution in [1.82, 2.24) is 5.32 Å². The number of nitro benzene ring substituents is 1. The number of benzene rings is 1. The van der Waals surface area contributed by atoms with Crippen LogP contribution in [-0.4, -0.2) is 46.2 Å². The Morgan fingerprint density at radius 2 is 1.68 bits per heavy atom. The van der Waals surface area contributed by atoms with Crippen LogP contribution in [0.1, 0.15) is 40.2 Å². The molecule has 168 valence electrons. The Balaban J connectivity index is 2.28. The number of nitro groups is 1. The van der Waals surface area contributed by atoms with Crippen LogP contribution in [0.15, 0.2) is 24.3 Å². The summed E-state index contributed by atoms with van der Waals surface area (Å²) in [6.45, 7) is 7.56. The van der Waals surface area contributed by atoms with Crippen LogP contribution < -0.4 is 5.32 Å². The summed E-state index contributed by atoms with van der Waals surface area (Å²) in [5, 5.41) is 13.2. The van der Waals surface area contributed by atoms with E-state index in [1.54, 1.807) is 20.8 Å². The van der Waals surface area contributed by atoms with Gasteiger partial charge < -0.3 is 19.5 Å². The Labute approximate surface area is 178 Å². The molecule has 1 N–H and O–H groups in total. The molecule has 1 saturated heterocycles. The molecule has 0 radical (unpaired) electrons. The second-order valence-corrected chi connectivity index (χ2v) is 8.40. The van der Waals surface area contributed by atoms with Gasteiger partial charge in [0.2, 0.25) is 5.92 Å². The molecular weight excluding hydrogens is 412 g/mol. The number of amides is 1. The van der Waals surface area contributed by atoms with Crippen LogP contribution in [0.25, 0.3) is 0 Å². The molecule has 2 rings (SSSR count). The van der Waals surface area contributed by atoms with E-state index in [-0.39, 0.29) is 12.1 Å². The highest BCUT2D eigenvalue weighted by Gasteiger charge is 2.49. The molecule has 1 aliphatic rings. The van der Waals surface area contributed by atoms with E-state index in [2.05, 4.69) is 5.32 Å². The molecule has 31 heavy (non-hydrogen) atoms. The van der Waals surface area contributed by atoms with Crippen molar-refractivity contribution < 1.29 is 38.3 Å². The molecule has 1 unspecified atom stereocenters. The molecule has 0 aliphatic carbocycles. The number of esters is 2. The number of alkyl carbamates (subject to hydrolysis) is 1. The molecule has 1 amide bonds. The zero-order valence-electron chi connectivity index (χ0n) is 17.8. The number of non-ortho nitro benzene ring substituents is 1. The molecule has 11 heteroatoms. The number of ether oxygens (including phenoxy) is 3. The molecule has 0 aromatic heterocycles. The highest BCUT2D eigenvalue weighted by Crippen LogP contribution is 2.25. The zero-order chi connectivity index (χ0) is 23.6. The summed E-state index contributed by atoms with van der Waals surface area (Å²) >= 11 is 0. The Bertz CT molecular complexity index is 880. The van der Waals surface area contributed by atoms with E-state index in [1.807, 2.05) is 0 Å². The van der Waals surface area contributed by atoms with Crippen LogP contribution in [0, 0.1) is 16.0 Å². The highest BCUT2D eigenvalue weighted by molar-refractivity contribution is 6.17. The molecule has 0 saturated carbocycles. The third kappa shape index (κ3) is 6.49. The lowest BCUT2D eigenvalue weighted by atomic mass is 9.92. The summed E-state index contributed by atoms with van der Waals surface area (Å²) in [5.74, 6) is -6.53. The molecular formula is C20H24N2O9. The van der Waals surface area contributed by atoms with Crippen molar-refractivity contribution in [2.75, 3.05) is 0 Å². The van der Waals surface area contributed by atoms with E-state index in [9.17, 15) is 29.3 Å². The van der Waals surface area contributed by atoms with Crippen molar-refractivity contribution in [1.29, 1.82) is 0 Å². The average Bonchev–Trinajstić information content (AvgIpc) is 2.58. The standard InChI is InChI=1S/C20H24N2O9/c1-19(2,3)31-18(26)21-13(10-11-6-8-12(9-7-11)22(27)28)15(23)14-16(24)29-20(4,5)30-17(14)25/h6-9,13-14H,10H2,1-5H3,(H,21,26). The van der Waals surface area contributed by atoms with Gasteiger partial charge in [-0.05, 0) is 32.8 Å². The monoisotopic (exact) mass is 436 g/mol. The molecule has 1 aromatic rings. The summed E-state index contributed by atoms with van der Waals surface area (Å²) in [5.41, 5.74) is -0.580. The van der Waals surface area contributed by atoms with Gasteiger partial charge in [-0.1, -0.05) is 12.1 Å². The fourth-order valence-electron chi connectivity index (χ4n) is 2.81. The average molecular weight is 436 g/mol. The quantitative estimate of drug-likeness (QED) is 0.306. The highest BCUT2D eigenvalue weighted by atomic mass is 16.7. The number of hydrogen-bond donors (Lipinski definition) is 1. The molecule has 1 aliphatic heterocycles. The largest absolute Gasteiger partial charge is 0.444 e. The zero-order valence-corrected chi connectivity index (χ0v) is 17.8. The summed E-state index contributed by atoms with van der Waals surface area (Å²) < 4.78 is 15.1. The van der Waals surface area contributed by atoms with Crippen LogP contribution in [0.3, 0.4) is 0 Å². The van der Waals surface area contributed by atoms with Crippen LogP contribution in [0.2, 0.25) is 0 Å². The fraction of sp³-hybridized carbons (Fsp3) is 0.500. The number of cyclic esters (lactones) is 2. The van der Waals surface area contributed by atoms with Gasteiger partial charge in [-0.25, -0.2) is 4.79 Å². The minimum Gasteiger partial charge on any atom is -0.444 e. The third-order valence-electron chi connectivity index (χ3n) is 4.07. The van der Waals surface area contributed by atoms with Gasteiger partial charge in [0.15, 0.2) is 5.78 Å². The first-order valence-electron chi connectivity index (χ1n) is 9.41. The SMILES string of the molecule is CC(C)(C)OC(=O)NC(Cc1ccc([N+](=O)[O-])cc1)C(=O)C1C(=O)OC(C)(C)OC1=O. The van der Waals surface area contributed by atoms with Crippen LogP contribution in [-0.2, 0) is 35.0 Å². The number of carbonyl (C=O) groups excluding carboxylic acids is 4. The summed E-state index contributed by atoms with van der Waals surface area (Å²) in [4.78, 5) is 60.1. The van der Waals surface area contributed by atoms with Gasteiger partial charge >= 0.3 is 18.0 Å². The second-order valence-electron chi connectivity index (χ2n) is 8.40. The maximum absolute atomic E-state index is 13.0. The number of rotatable bonds is 6. The lowest BCUT2D eigenvalue weighted by molar-refractivity contribution is -0.384. The van der Waals surface area contributed by atoms with Gasteiger partial charge in [-0.3, -0.25) is 24.5 Å². The number of nitrogens with one attached hydrogen (secondary N) is 1. The third-order valence-corrected chi connectivity index (χ3v) is 4.07. The van der Waals surface area contributed by atoms with E-state index in [0.717, 1.165) is 0 Å². The second kappa shape index (κ2) is 8.70. The number of carbonyl (C=O) groups is 4. The Morgan fingerprint density at radius 1 is 1.16 bits per heavy atom. The summed E-state index contributed by atoms with van der Waals surface area (Å²) in [6, 6.07) is 3.90. The lowest BCUT2D eigenvalue weighted by Gasteiger charge is -2.33. The molecule has 1 aromatic carbocycles. The first kappa shape index (κ1) is 23.8. The first-order chi connectivity index (χ1) is 14.2. The molecule has 1 atom stereocenters. The number of Topliss-reactive ketones (excluding diaryl/α,β-unsaturated/α-hetero) is 1. The molecule has 1 fully saturated rings. The normalized spacial score (nSPS) is 17.2. The van der Waals surface area contributed by atoms with Gasteiger partial charge in [0.25, 0.3) is 11.5 Å². The Kier molecular flexibility index (Phi) is 6.67. The maximum Gasteiger partial charge on any atom is 0.408 e. The van der Waals surface area contributed by atoms with Crippen molar-refractivity contribution in [2.24, 2.45) is 5.92 Å². The van der Waals surface area contributed by atoms with Crippen LogP contribution in [0.4, 0.5) is 10.5 Å². The van der Waals surface area contributed by atoms with Gasteiger partial charge in [-0.15, -0.1) is 0 Å². The van der Waals surface area contributed by atoms with Crippen molar-refractivity contribution in [2.45, 2.75) is 58.5 Å². The Morgan fingerprint density at radius 3 is 2.13 bits per heavy atom. The molecule has 1 heterocycles. The van der Waals surface area contributed by atoms with Gasteiger partial charge in [-0.2, -0.15) is 0 Å². The van der Waals surface area contributed by atoms with Crippen LogP contribution >= 0.6 is 0 Å². The predicted molar refractivity (Wildman–Crippen MR) is 105 cm³/mol. The van der Waals surface area contributed by atoms with Crippen molar-refractivity contribution in [3.63, 3.8) is 0 Å². The smallest absolute Gasteiger partial charge is 0.408 e. The van der Waals surface area contributed by atoms with E-state index in [1.165, 1.54) is 38.1 Å². The van der Waals surface area contributed by atoms with Gasteiger partial charge in [0, 0.05) is 26.0 Å². The predicted octanol–water partition coefficient (Wildman–Crippen LogP) is 2.05. The summed E-state index contributed by atoms with van der Waals surface area (Å²) in [7, 11) is 0. The molecule has 0 spiro atoms. The molecule has 0 bridgehead atoms.